The number of thiophene rings is 1. The standard InChI is InChI=1S/C15H11ClN2OS/c1-8-6-7-18-15-11(8)12(17)14(20-15)13(19)9-2-4-10(16)5-3-9/h2-7H,17H2,1H3. The first kappa shape index (κ1) is 13.1. The van der Waals surface area contributed by atoms with Crippen LogP contribution in [-0.4, -0.2) is 10.8 Å². The highest BCUT2D eigenvalue weighted by atomic mass is 35.5. The molecule has 5 heteroatoms. The highest BCUT2D eigenvalue weighted by molar-refractivity contribution is 7.21. The molecular formula is C15H11ClN2OS. The monoisotopic (exact) mass is 302 g/mol. The number of pyridine rings is 1. The van der Waals surface area contributed by atoms with Gasteiger partial charge < -0.3 is 5.73 Å². The molecule has 0 aliphatic heterocycles. The van der Waals surface area contributed by atoms with Crippen LogP contribution in [0.2, 0.25) is 5.02 Å². The molecule has 2 N–H and O–H groups in total. The minimum atomic E-state index is -0.0958. The lowest BCUT2D eigenvalue weighted by atomic mass is 10.1. The van der Waals surface area contributed by atoms with Crippen molar-refractivity contribution in [3.63, 3.8) is 0 Å². The van der Waals surface area contributed by atoms with Crippen molar-refractivity contribution >= 4 is 44.6 Å². The maximum atomic E-state index is 12.5. The third kappa shape index (κ3) is 2.07. The van der Waals surface area contributed by atoms with E-state index in [0.717, 1.165) is 15.8 Å². The van der Waals surface area contributed by atoms with E-state index in [-0.39, 0.29) is 5.78 Å². The van der Waals surface area contributed by atoms with Crippen LogP contribution in [0.4, 0.5) is 5.69 Å². The zero-order valence-electron chi connectivity index (χ0n) is 10.7. The van der Waals surface area contributed by atoms with Crippen molar-refractivity contribution in [2.24, 2.45) is 0 Å². The third-order valence-electron chi connectivity index (χ3n) is 3.15. The summed E-state index contributed by atoms with van der Waals surface area (Å²) in [6.07, 6.45) is 1.73. The summed E-state index contributed by atoms with van der Waals surface area (Å²) in [7, 11) is 0. The van der Waals surface area contributed by atoms with E-state index in [2.05, 4.69) is 4.98 Å². The van der Waals surface area contributed by atoms with E-state index < -0.39 is 0 Å². The number of rotatable bonds is 2. The van der Waals surface area contributed by atoms with Gasteiger partial charge in [-0.15, -0.1) is 11.3 Å². The molecular weight excluding hydrogens is 292 g/mol. The Morgan fingerprint density at radius 2 is 1.95 bits per heavy atom. The summed E-state index contributed by atoms with van der Waals surface area (Å²) in [6.45, 7) is 1.96. The predicted molar refractivity (Wildman–Crippen MR) is 83.7 cm³/mol. The van der Waals surface area contributed by atoms with Crippen molar-refractivity contribution < 1.29 is 4.79 Å². The smallest absolute Gasteiger partial charge is 0.205 e. The largest absolute Gasteiger partial charge is 0.397 e. The minimum absolute atomic E-state index is 0.0958. The van der Waals surface area contributed by atoms with Gasteiger partial charge in [0.15, 0.2) is 0 Å². The number of anilines is 1. The highest BCUT2D eigenvalue weighted by Gasteiger charge is 2.19. The average molecular weight is 303 g/mol. The van der Waals surface area contributed by atoms with Gasteiger partial charge in [0.1, 0.15) is 9.71 Å². The lowest BCUT2D eigenvalue weighted by Crippen LogP contribution is -2.01. The summed E-state index contributed by atoms with van der Waals surface area (Å²) in [5.41, 5.74) is 8.24. The number of aryl methyl sites for hydroxylation is 1. The van der Waals surface area contributed by atoms with E-state index in [1.165, 1.54) is 11.3 Å². The average Bonchev–Trinajstić information content (AvgIpc) is 2.77. The van der Waals surface area contributed by atoms with Crippen LogP contribution in [0, 0.1) is 6.92 Å². The van der Waals surface area contributed by atoms with Crippen LogP contribution in [0.25, 0.3) is 10.2 Å². The predicted octanol–water partition coefficient (Wildman–Crippen LogP) is 4.07. The molecule has 0 amide bonds. The third-order valence-corrected chi connectivity index (χ3v) is 4.51. The Morgan fingerprint density at radius 3 is 2.60 bits per heavy atom. The van der Waals surface area contributed by atoms with Crippen molar-refractivity contribution in [1.29, 1.82) is 0 Å². The van der Waals surface area contributed by atoms with Crippen molar-refractivity contribution in [3.8, 4) is 0 Å². The molecule has 0 radical (unpaired) electrons. The van der Waals surface area contributed by atoms with E-state index in [1.807, 2.05) is 13.0 Å². The molecule has 0 fully saturated rings. The maximum Gasteiger partial charge on any atom is 0.205 e. The molecule has 0 unspecified atom stereocenters. The van der Waals surface area contributed by atoms with Crippen LogP contribution < -0.4 is 5.73 Å². The van der Waals surface area contributed by atoms with Crippen molar-refractivity contribution in [3.05, 3.63) is 57.6 Å². The summed E-state index contributed by atoms with van der Waals surface area (Å²) in [4.78, 5) is 18.1. The Hall–Kier alpha value is -1.91. The first-order chi connectivity index (χ1) is 9.58. The fourth-order valence-corrected chi connectivity index (χ4v) is 3.33. The topological polar surface area (TPSA) is 56.0 Å². The van der Waals surface area contributed by atoms with Gasteiger partial charge in [-0.1, -0.05) is 11.6 Å². The van der Waals surface area contributed by atoms with Crippen molar-refractivity contribution in [1.82, 2.24) is 4.98 Å². The zero-order valence-corrected chi connectivity index (χ0v) is 12.3. The van der Waals surface area contributed by atoms with Gasteiger partial charge in [-0.2, -0.15) is 0 Å². The molecule has 2 heterocycles. The number of aromatic nitrogens is 1. The van der Waals surface area contributed by atoms with E-state index >= 15 is 0 Å². The lowest BCUT2D eigenvalue weighted by molar-refractivity contribution is 0.104. The molecule has 0 bridgehead atoms. The molecule has 0 aliphatic rings. The van der Waals surface area contributed by atoms with Gasteiger partial charge in [0, 0.05) is 22.2 Å². The molecule has 0 aliphatic carbocycles. The molecule has 20 heavy (non-hydrogen) atoms. The molecule has 2 aromatic heterocycles. The molecule has 3 nitrogen and oxygen atoms in total. The number of nitrogen functional groups attached to an aromatic ring is 1. The normalized spacial score (nSPS) is 10.9. The number of halogens is 1. The molecule has 3 rings (SSSR count). The van der Waals surface area contributed by atoms with Crippen LogP contribution in [0.5, 0.6) is 0 Å². The number of nitrogens with two attached hydrogens (primary N) is 1. The van der Waals surface area contributed by atoms with Crippen LogP contribution in [0.3, 0.4) is 0 Å². The van der Waals surface area contributed by atoms with Gasteiger partial charge in [-0.3, -0.25) is 4.79 Å². The molecule has 0 spiro atoms. The second-order valence-corrected chi connectivity index (χ2v) is 5.92. The highest BCUT2D eigenvalue weighted by Crippen LogP contribution is 2.35. The maximum absolute atomic E-state index is 12.5. The number of fused-ring (bicyclic) bond motifs is 1. The van der Waals surface area contributed by atoms with E-state index in [9.17, 15) is 4.79 Å². The molecule has 0 atom stereocenters. The van der Waals surface area contributed by atoms with E-state index in [0.29, 0.717) is 21.2 Å². The molecule has 100 valence electrons. The van der Waals surface area contributed by atoms with Crippen molar-refractivity contribution in [2.45, 2.75) is 6.92 Å². The molecule has 0 saturated carbocycles. The van der Waals surface area contributed by atoms with Gasteiger partial charge in [0.25, 0.3) is 0 Å². The molecule has 3 aromatic rings. The van der Waals surface area contributed by atoms with Crippen LogP contribution >= 0.6 is 22.9 Å². The number of carbonyl (C=O) groups is 1. The van der Waals surface area contributed by atoms with Gasteiger partial charge >= 0.3 is 0 Å². The minimum Gasteiger partial charge on any atom is -0.397 e. The second kappa shape index (κ2) is 4.89. The second-order valence-electron chi connectivity index (χ2n) is 4.49. The van der Waals surface area contributed by atoms with Gasteiger partial charge in [0.05, 0.1) is 5.69 Å². The number of nitrogens with zero attached hydrogens (tertiary/aromatic N) is 1. The fraction of sp³-hybridized carbons (Fsp3) is 0.0667. The van der Waals surface area contributed by atoms with Crippen LogP contribution in [-0.2, 0) is 0 Å². The SMILES string of the molecule is Cc1ccnc2sc(C(=O)c3ccc(Cl)cc3)c(N)c12. The van der Waals surface area contributed by atoms with Crippen molar-refractivity contribution in [2.75, 3.05) is 5.73 Å². The Kier molecular flexibility index (Phi) is 3.20. The Labute approximate surface area is 125 Å². The molecule has 1 aromatic carbocycles. The van der Waals surface area contributed by atoms with Gasteiger partial charge in [-0.05, 0) is 42.8 Å². The Balaban J connectivity index is 2.15. The summed E-state index contributed by atoms with van der Waals surface area (Å²) in [5.74, 6) is -0.0958. The van der Waals surface area contributed by atoms with Gasteiger partial charge in [0.2, 0.25) is 5.78 Å². The number of hydrogen-bond acceptors (Lipinski definition) is 4. The fourth-order valence-electron chi connectivity index (χ4n) is 2.10. The number of benzene rings is 1. The van der Waals surface area contributed by atoms with Gasteiger partial charge in [-0.25, -0.2) is 4.98 Å². The lowest BCUT2D eigenvalue weighted by Gasteiger charge is -2.00. The summed E-state index contributed by atoms with van der Waals surface area (Å²) in [5, 5.41) is 1.47. The van der Waals surface area contributed by atoms with E-state index in [4.69, 9.17) is 17.3 Å². The van der Waals surface area contributed by atoms with Crippen LogP contribution in [0.15, 0.2) is 36.5 Å². The first-order valence-electron chi connectivity index (χ1n) is 6.02. The molecule has 0 saturated heterocycles. The summed E-state index contributed by atoms with van der Waals surface area (Å²) < 4.78 is 0. The summed E-state index contributed by atoms with van der Waals surface area (Å²) in [6, 6.07) is 8.69. The first-order valence-corrected chi connectivity index (χ1v) is 7.21. The quantitative estimate of drug-likeness (QED) is 0.726. The zero-order chi connectivity index (χ0) is 14.3. The van der Waals surface area contributed by atoms with Crippen LogP contribution in [0.1, 0.15) is 20.8 Å². The Bertz CT molecular complexity index is 809. The number of carbonyl (C=O) groups excluding carboxylic acids is 1. The Morgan fingerprint density at radius 1 is 1.25 bits per heavy atom. The number of hydrogen-bond donors (Lipinski definition) is 1. The van der Waals surface area contributed by atoms with E-state index in [1.54, 1.807) is 30.5 Å². The summed E-state index contributed by atoms with van der Waals surface area (Å²) >= 11 is 7.16. The number of ketones is 1.